The zero-order valence-electron chi connectivity index (χ0n) is 16.1. The summed E-state index contributed by atoms with van der Waals surface area (Å²) in [4.78, 5) is 23.4. The summed E-state index contributed by atoms with van der Waals surface area (Å²) < 4.78 is 40.3. The second kappa shape index (κ2) is 10.1. The van der Waals surface area contributed by atoms with Gasteiger partial charge in [-0.25, -0.2) is 17.1 Å². The highest BCUT2D eigenvalue weighted by molar-refractivity contribution is 9.10. The Hall–Kier alpha value is -2.10. The van der Waals surface area contributed by atoms with Crippen LogP contribution in [0.1, 0.15) is 35.7 Å². The van der Waals surface area contributed by atoms with Gasteiger partial charge in [-0.2, -0.15) is 0 Å². The molecule has 0 bridgehead atoms. The molecule has 6 nitrogen and oxygen atoms in total. The molecule has 0 unspecified atom stereocenters. The van der Waals surface area contributed by atoms with E-state index in [1.807, 2.05) is 0 Å². The van der Waals surface area contributed by atoms with Crippen molar-refractivity contribution in [2.45, 2.75) is 31.2 Å². The van der Waals surface area contributed by atoms with Gasteiger partial charge in [0.15, 0.2) is 5.78 Å². The highest BCUT2D eigenvalue weighted by Gasteiger charge is 2.20. The number of benzene rings is 2. The molecule has 0 spiro atoms. The standard InChI is InChI=1S/C20H22BrFN2O4S/c1-14(25)15-5-8-18(9-6-15)29(27,28)24(2)11-3-4-20(26)23-13-16-12-17(22)7-10-19(16)21/h5-10,12H,3-4,11,13H2,1-2H3,(H,23,26). The van der Waals surface area contributed by atoms with Gasteiger partial charge < -0.3 is 5.32 Å². The number of hydrogen-bond donors (Lipinski definition) is 1. The zero-order valence-corrected chi connectivity index (χ0v) is 18.5. The van der Waals surface area contributed by atoms with Crippen LogP contribution >= 0.6 is 15.9 Å². The number of rotatable bonds is 9. The molecule has 0 heterocycles. The molecule has 0 aromatic heterocycles. The maximum absolute atomic E-state index is 13.3. The van der Waals surface area contributed by atoms with Gasteiger partial charge in [-0.15, -0.1) is 0 Å². The van der Waals surface area contributed by atoms with Gasteiger partial charge in [-0.3, -0.25) is 9.59 Å². The van der Waals surface area contributed by atoms with Crippen LogP contribution in [0.2, 0.25) is 0 Å². The molecule has 2 aromatic rings. The predicted molar refractivity (Wildman–Crippen MR) is 111 cm³/mol. The number of carbonyl (C=O) groups is 2. The maximum atomic E-state index is 13.3. The number of halogens is 2. The van der Waals surface area contributed by atoms with Crippen molar-refractivity contribution in [3.05, 3.63) is 63.9 Å². The van der Waals surface area contributed by atoms with E-state index in [1.165, 1.54) is 54.7 Å². The van der Waals surface area contributed by atoms with E-state index in [2.05, 4.69) is 21.2 Å². The average Bonchev–Trinajstić information content (AvgIpc) is 2.68. The molecule has 0 aliphatic carbocycles. The Kier molecular flexibility index (Phi) is 8.06. The first kappa shape index (κ1) is 23.2. The lowest BCUT2D eigenvalue weighted by molar-refractivity contribution is -0.121. The summed E-state index contributed by atoms with van der Waals surface area (Å²) in [5.74, 6) is -0.781. The van der Waals surface area contributed by atoms with Gasteiger partial charge in [0.2, 0.25) is 15.9 Å². The first-order chi connectivity index (χ1) is 13.6. The van der Waals surface area contributed by atoms with Crippen LogP contribution in [0.5, 0.6) is 0 Å². The van der Waals surface area contributed by atoms with Crippen LogP contribution in [0.4, 0.5) is 4.39 Å². The highest BCUT2D eigenvalue weighted by atomic mass is 79.9. The van der Waals surface area contributed by atoms with E-state index in [1.54, 1.807) is 6.07 Å². The first-order valence-electron chi connectivity index (χ1n) is 8.89. The topological polar surface area (TPSA) is 83.6 Å². The van der Waals surface area contributed by atoms with Gasteiger partial charge >= 0.3 is 0 Å². The largest absolute Gasteiger partial charge is 0.352 e. The fourth-order valence-electron chi connectivity index (χ4n) is 2.58. The molecule has 0 atom stereocenters. The predicted octanol–water partition coefficient (Wildman–Crippen LogP) is 3.51. The number of sulfonamides is 1. The van der Waals surface area contributed by atoms with Crippen LogP contribution in [0, 0.1) is 5.82 Å². The van der Waals surface area contributed by atoms with Gasteiger partial charge in [0.1, 0.15) is 5.82 Å². The molecule has 1 N–H and O–H groups in total. The smallest absolute Gasteiger partial charge is 0.242 e. The van der Waals surface area contributed by atoms with Gasteiger partial charge in [-0.1, -0.05) is 28.1 Å². The third kappa shape index (κ3) is 6.45. The van der Waals surface area contributed by atoms with Crippen molar-refractivity contribution >= 4 is 37.6 Å². The van der Waals surface area contributed by atoms with E-state index < -0.39 is 10.0 Å². The van der Waals surface area contributed by atoms with E-state index >= 15 is 0 Å². The molecule has 29 heavy (non-hydrogen) atoms. The molecule has 1 amide bonds. The van der Waals surface area contributed by atoms with Gasteiger partial charge in [0, 0.05) is 36.6 Å². The van der Waals surface area contributed by atoms with Crippen LogP contribution in [-0.4, -0.2) is 38.0 Å². The van der Waals surface area contributed by atoms with Gasteiger partial charge in [0.05, 0.1) is 4.90 Å². The highest BCUT2D eigenvalue weighted by Crippen LogP contribution is 2.18. The Bertz CT molecular complexity index is 994. The van der Waals surface area contributed by atoms with E-state index in [0.717, 1.165) is 0 Å². The Morgan fingerprint density at radius 2 is 1.79 bits per heavy atom. The molecular formula is C20H22BrFN2O4S. The fraction of sp³-hybridized carbons (Fsp3) is 0.300. The lowest BCUT2D eigenvalue weighted by Gasteiger charge is -2.17. The summed E-state index contributed by atoms with van der Waals surface area (Å²) in [6.07, 6.45) is 0.466. The molecule has 0 fully saturated rings. The summed E-state index contributed by atoms with van der Waals surface area (Å²) in [5, 5.41) is 2.69. The molecule has 0 aliphatic heterocycles. The van der Waals surface area contributed by atoms with Crippen LogP contribution in [0.15, 0.2) is 51.8 Å². The summed E-state index contributed by atoms with van der Waals surface area (Å²) >= 11 is 3.30. The fourth-order valence-corrected chi connectivity index (χ4v) is 4.18. The minimum absolute atomic E-state index is 0.0883. The monoisotopic (exact) mass is 484 g/mol. The van der Waals surface area contributed by atoms with Gasteiger partial charge in [-0.05, 0) is 49.2 Å². The van der Waals surface area contributed by atoms with Crippen molar-refractivity contribution in [1.82, 2.24) is 9.62 Å². The Morgan fingerprint density at radius 1 is 1.14 bits per heavy atom. The number of amides is 1. The molecule has 0 saturated carbocycles. The molecule has 2 rings (SSSR count). The Labute approximate surface area is 178 Å². The van der Waals surface area contributed by atoms with E-state index in [9.17, 15) is 22.4 Å². The molecule has 2 aromatic carbocycles. The van der Waals surface area contributed by atoms with E-state index in [0.29, 0.717) is 22.0 Å². The van der Waals surface area contributed by atoms with Crippen molar-refractivity contribution in [2.75, 3.05) is 13.6 Å². The number of nitrogens with zero attached hydrogens (tertiary/aromatic N) is 1. The molecule has 0 radical (unpaired) electrons. The van der Waals surface area contributed by atoms with Crippen LogP contribution in [0.3, 0.4) is 0 Å². The third-order valence-electron chi connectivity index (χ3n) is 4.33. The number of Topliss-reactive ketones (excluding diaryl/α,β-unsaturated/α-hetero) is 1. The minimum Gasteiger partial charge on any atom is -0.352 e. The van der Waals surface area contributed by atoms with Crippen molar-refractivity contribution < 1.29 is 22.4 Å². The van der Waals surface area contributed by atoms with E-state index in [-0.39, 0.29) is 41.9 Å². The number of hydrogen-bond acceptors (Lipinski definition) is 4. The molecular weight excluding hydrogens is 463 g/mol. The van der Waals surface area contributed by atoms with Crippen LogP contribution < -0.4 is 5.32 Å². The van der Waals surface area contributed by atoms with Crippen molar-refractivity contribution in [3.8, 4) is 0 Å². The quantitative estimate of drug-likeness (QED) is 0.552. The SMILES string of the molecule is CC(=O)c1ccc(S(=O)(=O)N(C)CCCC(=O)NCc2cc(F)ccc2Br)cc1. The zero-order chi connectivity index (χ0) is 21.6. The second-order valence-electron chi connectivity index (χ2n) is 6.52. The average molecular weight is 485 g/mol. The van der Waals surface area contributed by atoms with Gasteiger partial charge in [0.25, 0.3) is 0 Å². The third-order valence-corrected chi connectivity index (χ3v) is 6.97. The van der Waals surface area contributed by atoms with Crippen molar-refractivity contribution in [3.63, 3.8) is 0 Å². The lowest BCUT2D eigenvalue weighted by atomic mass is 10.2. The van der Waals surface area contributed by atoms with E-state index in [4.69, 9.17) is 0 Å². The van der Waals surface area contributed by atoms with Crippen LogP contribution in [0.25, 0.3) is 0 Å². The first-order valence-corrected chi connectivity index (χ1v) is 11.1. The minimum atomic E-state index is -3.70. The molecule has 0 aliphatic rings. The summed E-state index contributed by atoms with van der Waals surface area (Å²) in [5.41, 5.74) is 1.06. The number of carbonyl (C=O) groups excluding carboxylic acids is 2. The van der Waals surface area contributed by atoms with Crippen molar-refractivity contribution in [2.24, 2.45) is 0 Å². The van der Waals surface area contributed by atoms with Crippen molar-refractivity contribution in [1.29, 1.82) is 0 Å². The number of nitrogens with one attached hydrogen (secondary N) is 1. The Balaban J connectivity index is 1.84. The maximum Gasteiger partial charge on any atom is 0.242 e. The molecule has 0 saturated heterocycles. The summed E-state index contributed by atoms with van der Waals surface area (Å²) in [7, 11) is -2.26. The number of ketones is 1. The molecule has 9 heteroatoms. The molecule has 156 valence electrons. The second-order valence-corrected chi connectivity index (χ2v) is 9.42. The summed E-state index contributed by atoms with van der Waals surface area (Å²) in [6.45, 7) is 1.75. The normalized spacial score (nSPS) is 11.5. The summed E-state index contributed by atoms with van der Waals surface area (Å²) in [6, 6.07) is 9.96. The Morgan fingerprint density at radius 3 is 2.41 bits per heavy atom. The van der Waals surface area contributed by atoms with Crippen LogP contribution in [-0.2, 0) is 21.4 Å². The lowest BCUT2D eigenvalue weighted by Crippen LogP contribution is -2.29.